The largest absolute Gasteiger partial charge is 0.392 e. The summed E-state index contributed by atoms with van der Waals surface area (Å²) in [6.45, 7) is 5.27. The molecule has 0 amide bonds. The first kappa shape index (κ1) is 16.9. The van der Waals surface area contributed by atoms with Gasteiger partial charge in [-0.1, -0.05) is 13.0 Å². The molecule has 0 aliphatic rings. The Balaban J connectivity index is 2.21. The summed E-state index contributed by atoms with van der Waals surface area (Å²) in [6.07, 6.45) is 1.02. The van der Waals surface area contributed by atoms with Crippen LogP contribution in [0.5, 0.6) is 0 Å². The Hall–Kier alpha value is -1.14. The zero-order valence-corrected chi connectivity index (χ0v) is 12.1. The lowest BCUT2D eigenvalue weighted by Gasteiger charge is -2.10. The molecule has 1 aromatic rings. The highest BCUT2D eigenvalue weighted by Gasteiger charge is 2.00. The molecule has 3 N–H and O–H groups in total. The molecule has 1 aromatic carbocycles. The minimum absolute atomic E-state index is 0.0339. The number of benzene rings is 1. The van der Waals surface area contributed by atoms with Gasteiger partial charge in [-0.15, -0.1) is 0 Å². The van der Waals surface area contributed by atoms with Crippen molar-refractivity contribution in [1.29, 1.82) is 0 Å². The van der Waals surface area contributed by atoms with Gasteiger partial charge in [-0.05, 0) is 29.7 Å². The summed E-state index contributed by atoms with van der Waals surface area (Å²) >= 11 is 0. The highest BCUT2D eigenvalue weighted by Crippen LogP contribution is 2.15. The van der Waals surface area contributed by atoms with Crippen LogP contribution in [-0.2, 0) is 22.7 Å². The zero-order chi connectivity index (χ0) is 14.6. The smallest absolute Gasteiger partial charge is 0.0701 e. The van der Waals surface area contributed by atoms with E-state index in [4.69, 9.17) is 19.7 Å². The second-order valence-corrected chi connectivity index (χ2v) is 4.51. The monoisotopic (exact) mass is 283 g/mol. The third kappa shape index (κ3) is 6.86. The van der Waals surface area contributed by atoms with Crippen LogP contribution in [-0.4, -0.2) is 43.2 Å². The number of ether oxygens (including phenoxy) is 2. The molecule has 0 aliphatic heterocycles. The first-order chi connectivity index (χ1) is 9.80. The van der Waals surface area contributed by atoms with Crippen LogP contribution in [0.3, 0.4) is 0 Å². The number of aliphatic hydroxyl groups is 2. The Morgan fingerprint density at radius 2 is 1.50 bits per heavy atom. The lowest BCUT2D eigenvalue weighted by Crippen LogP contribution is -2.13. The quantitative estimate of drug-likeness (QED) is 0.537. The Morgan fingerprint density at radius 1 is 0.900 bits per heavy atom. The molecule has 1 rings (SSSR count). The van der Waals surface area contributed by atoms with Crippen LogP contribution < -0.4 is 5.32 Å². The number of aliphatic hydroxyl groups excluding tert-OH is 2. The van der Waals surface area contributed by atoms with E-state index in [2.05, 4.69) is 12.2 Å². The van der Waals surface area contributed by atoms with Gasteiger partial charge in [0.2, 0.25) is 0 Å². The van der Waals surface area contributed by atoms with Crippen LogP contribution in [0.15, 0.2) is 18.2 Å². The van der Waals surface area contributed by atoms with E-state index in [0.29, 0.717) is 26.4 Å². The number of nitrogens with one attached hydrogen (secondary N) is 1. The van der Waals surface area contributed by atoms with Gasteiger partial charge in [0, 0.05) is 18.8 Å². The molecule has 0 unspecified atom stereocenters. The molecule has 0 saturated carbocycles. The van der Waals surface area contributed by atoms with Gasteiger partial charge in [0.1, 0.15) is 0 Å². The normalized spacial score (nSPS) is 10.8. The van der Waals surface area contributed by atoms with E-state index >= 15 is 0 Å². The Labute approximate surface area is 120 Å². The maximum absolute atomic E-state index is 9.15. The molecular formula is C15H25NO4. The lowest BCUT2D eigenvalue weighted by atomic mass is 10.1. The summed E-state index contributed by atoms with van der Waals surface area (Å²) < 4.78 is 10.7. The third-order valence-corrected chi connectivity index (χ3v) is 2.71. The molecule has 114 valence electrons. The standard InChI is InChI=1S/C15H25NO4/c1-2-4-19-6-7-20-5-3-16-15-9-13(11-17)8-14(10-15)12-18/h8-10,16-18H,2-7,11-12H2,1H3. The van der Waals surface area contributed by atoms with Crippen LogP contribution in [0.2, 0.25) is 0 Å². The van der Waals surface area contributed by atoms with Crippen LogP contribution in [0, 0.1) is 0 Å². The van der Waals surface area contributed by atoms with E-state index in [1.165, 1.54) is 0 Å². The van der Waals surface area contributed by atoms with Gasteiger partial charge in [0.25, 0.3) is 0 Å². The van der Waals surface area contributed by atoms with Gasteiger partial charge in [-0.3, -0.25) is 0 Å². The van der Waals surface area contributed by atoms with Crippen molar-refractivity contribution in [2.24, 2.45) is 0 Å². The van der Waals surface area contributed by atoms with Crippen molar-refractivity contribution < 1.29 is 19.7 Å². The molecule has 5 nitrogen and oxygen atoms in total. The average Bonchev–Trinajstić information content (AvgIpc) is 2.49. The van der Waals surface area contributed by atoms with Crippen LogP contribution in [0.25, 0.3) is 0 Å². The van der Waals surface area contributed by atoms with E-state index in [1.54, 1.807) is 6.07 Å². The van der Waals surface area contributed by atoms with Gasteiger partial charge < -0.3 is 25.0 Å². The summed E-state index contributed by atoms with van der Waals surface area (Å²) in [6, 6.07) is 5.51. The maximum atomic E-state index is 9.15. The molecule has 0 fully saturated rings. The minimum atomic E-state index is -0.0339. The zero-order valence-electron chi connectivity index (χ0n) is 12.1. The molecule has 0 radical (unpaired) electrons. The summed E-state index contributed by atoms with van der Waals surface area (Å²) in [5.74, 6) is 0. The fourth-order valence-corrected chi connectivity index (χ4v) is 1.78. The fraction of sp³-hybridized carbons (Fsp3) is 0.600. The number of rotatable bonds is 11. The second kappa shape index (κ2) is 10.6. The third-order valence-electron chi connectivity index (χ3n) is 2.71. The Kier molecular flexibility index (Phi) is 8.98. The van der Waals surface area contributed by atoms with Crippen molar-refractivity contribution in [1.82, 2.24) is 0 Å². The average molecular weight is 283 g/mol. The SMILES string of the molecule is CCCOCCOCCNc1cc(CO)cc(CO)c1. The van der Waals surface area contributed by atoms with E-state index in [9.17, 15) is 0 Å². The van der Waals surface area contributed by atoms with E-state index in [0.717, 1.165) is 29.8 Å². The predicted octanol–water partition coefficient (Wildman–Crippen LogP) is 1.53. The Bertz CT molecular complexity index is 349. The fourth-order valence-electron chi connectivity index (χ4n) is 1.78. The number of hydrogen-bond acceptors (Lipinski definition) is 5. The van der Waals surface area contributed by atoms with Crippen molar-refractivity contribution in [3.8, 4) is 0 Å². The number of anilines is 1. The van der Waals surface area contributed by atoms with Crippen molar-refractivity contribution in [2.75, 3.05) is 38.3 Å². The highest BCUT2D eigenvalue weighted by molar-refractivity contribution is 5.48. The van der Waals surface area contributed by atoms with Gasteiger partial charge in [-0.2, -0.15) is 0 Å². The molecule has 0 bridgehead atoms. The van der Waals surface area contributed by atoms with Crippen molar-refractivity contribution >= 4 is 5.69 Å². The number of hydrogen-bond donors (Lipinski definition) is 3. The lowest BCUT2D eigenvalue weighted by molar-refractivity contribution is 0.0519. The predicted molar refractivity (Wildman–Crippen MR) is 78.7 cm³/mol. The van der Waals surface area contributed by atoms with E-state index < -0.39 is 0 Å². The van der Waals surface area contributed by atoms with Crippen molar-refractivity contribution in [3.05, 3.63) is 29.3 Å². The maximum Gasteiger partial charge on any atom is 0.0701 e. The van der Waals surface area contributed by atoms with Crippen molar-refractivity contribution in [3.63, 3.8) is 0 Å². The molecule has 0 atom stereocenters. The van der Waals surface area contributed by atoms with Crippen LogP contribution >= 0.6 is 0 Å². The first-order valence-electron chi connectivity index (χ1n) is 7.04. The molecule has 0 spiro atoms. The molecule has 5 heteroatoms. The van der Waals surface area contributed by atoms with Crippen LogP contribution in [0.1, 0.15) is 24.5 Å². The van der Waals surface area contributed by atoms with Gasteiger partial charge >= 0.3 is 0 Å². The second-order valence-electron chi connectivity index (χ2n) is 4.51. The molecule has 0 aromatic heterocycles. The topological polar surface area (TPSA) is 71.0 Å². The highest BCUT2D eigenvalue weighted by atomic mass is 16.5. The Morgan fingerprint density at radius 3 is 2.05 bits per heavy atom. The van der Waals surface area contributed by atoms with Gasteiger partial charge in [0.15, 0.2) is 0 Å². The molecular weight excluding hydrogens is 258 g/mol. The summed E-state index contributed by atoms with van der Waals surface area (Å²) in [7, 11) is 0. The summed E-state index contributed by atoms with van der Waals surface area (Å²) in [5.41, 5.74) is 2.45. The molecule has 20 heavy (non-hydrogen) atoms. The van der Waals surface area contributed by atoms with Crippen LogP contribution in [0.4, 0.5) is 5.69 Å². The summed E-state index contributed by atoms with van der Waals surface area (Å²) in [4.78, 5) is 0. The molecule has 0 saturated heterocycles. The van der Waals surface area contributed by atoms with Crippen molar-refractivity contribution in [2.45, 2.75) is 26.6 Å². The molecule has 0 aliphatic carbocycles. The van der Waals surface area contributed by atoms with E-state index in [-0.39, 0.29) is 13.2 Å². The van der Waals surface area contributed by atoms with E-state index in [1.807, 2.05) is 12.1 Å². The van der Waals surface area contributed by atoms with Gasteiger partial charge in [-0.25, -0.2) is 0 Å². The molecule has 0 heterocycles. The first-order valence-corrected chi connectivity index (χ1v) is 7.04. The van der Waals surface area contributed by atoms with Gasteiger partial charge in [0.05, 0.1) is 33.0 Å². The minimum Gasteiger partial charge on any atom is -0.392 e. The summed E-state index contributed by atoms with van der Waals surface area (Å²) in [5, 5.41) is 21.5.